The van der Waals surface area contributed by atoms with Crippen LogP contribution < -0.4 is 0 Å². The molecule has 8 heteroatoms. The Kier molecular flexibility index (Phi) is 4.82. The molecule has 4 aromatic rings. The number of fused-ring (bicyclic) bond motifs is 1. The van der Waals surface area contributed by atoms with E-state index in [1.165, 1.54) is 18.3 Å². The first-order chi connectivity index (χ1) is 14.0. The second kappa shape index (κ2) is 7.44. The highest BCUT2D eigenvalue weighted by atomic mass is 35.5. The van der Waals surface area contributed by atoms with Gasteiger partial charge in [0.05, 0.1) is 0 Å². The summed E-state index contributed by atoms with van der Waals surface area (Å²) < 4.78 is 27.9. The van der Waals surface area contributed by atoms with E-state index in [0.29, 0.717) is 16.6 Å². The summed E-state index contributed by atoms with van der Waals surface area (Å²) in [7, 11) is 0. The van der Waals surface area contributed by atoms with E-state index in [9.17, 15) is 13.9 Å². The van der Waals surface area contributed by atoms with Crippen molar-refractivity contribution in [1.82, 2.24) is 15.0 Å². The Morgan fingerprint density at radius 3 is 2.62 bits per heavy atom. The molecular formula is C21H13ClF2N4O. The molecule has 144 valence electrons. The van der Waals surface area contributed by atoms with Gasteiger partial charge in [0.15, 0.2) is 11.6 Å². The van der Waals surface area contributed by atoms with E-state index in [4.69, 9.17) is 17.0 Å². The number of aromatic nitrogens is 3. The van der Waals surface area contributed by atoms with Gasteiger partial charge in [-0.15, -0.1) is 0 Å². The first-order valence-electron chi connectivity index (χ1n) is 8.47. The number of pyridine rings is 2. The molecule has 0 aliphatic carbocycles. The fourth-order valence-corrected chi connectivity index (χ4v) is 3.33. The summed E-state index contributed by atoms with van der Waals surface area (Å²) in [6.07, 6.45) is 5.48. The molecule has 1 aromatic carbocycles. The van der Waals surface area contributed by atoms with Gasteiger partial charge in [-0.3, -0.25) is 4.98 Å². The number of nitrogens with one attached hydrogen (secondary N) is 2. The number of aliphatic hydroxyl groups excluding tert-OH is 1. The zero-order chi connectivity index (χ0) is 20.5. The van der Waals surface area contributed by atoms with Crippen molar-refractivity contribution in [2.24, 2.45) is 0 Å². The van der Waals surface area contributed by atoms with Crippen molar-refractivity contribution in [2.75, 3.05) is 0 Å². The topological polar surface area (TPSA) is 85.6 Å². The Morgan fingerprint density at radius 2 is 1.90 bits per heavy atom. The van der Waals surface area contributed by atoms with E-state index < -0.39 is 11.6 Å². The molecule has 0 atom stereocenters. The molecule has 0 amide bonds. The van der Waals surface area contributed by atoms with E-state index in [2.05, 4.69) is 15.0 Å². The van der Waals surface area contributed by atoms with Crippen LogP contribution in [0.25, 0.3) is 33.5 Å². The Morgan fingerprint density at radius 1 is 1.14 bits per heavy atom. The van der Waals surface area contributed by atoms with Crippen LogP contribution in [0.4, 0.5) is 8.78 Å². The maximum atomic E-state index is 14.2. The summed E-state index contributed by atoms with van der Waals surface area (Å²) in [5, 5.41) is 19.2. The fraction of sp³-hybridized carbons (Fsp3) is 0. The maximum absolute atomic E-state index is 14.2. The predicted molar refractivity (Wildman–Crippen MR) is 109 cm³/mol. The van der Waals surface area contributed by atoms with Gasteiger partial charge in [0, 0.05) is 52.5 Å². The molecule has 3 N–H and O–H groups in total. The van der Waals surface area contributed by atoms with Crippen LogP contribution in [0.5, 0.6) is 0 Å². The third-order valence-corrected chi connectivity index (χ3v) is 4.80. The summed E-state index contributed by atoms with van der Waals surface area (Å²) in [5.74, 6) is -2.60. The van der Waals surface area contributed by atoms with Crippen LogP contribution >= 0.6 is 11.6 Å². The Balaban J connectivity index is 1.94. The van der Waals surface area contributed by atoms with Gasteiger partial charge in [0.1, 0.15) is 16.6 Å². The zero-order valence-corrected chi connectivity index (χ0v) is 15.5. The minimum absolute atomic E-state index is 0.164. The molecule has 29 heavy (non-hydrogen) atoms. The van der Waals surface area contributed by atoms with Crippen LogP contribution in [0.3, 0.4) is 0 Å². The van der Waals surface area contributed by atoms with Crippen molar-refractivity contribution >= 4 is 40.2 Å². The van der Waals surface area contributed by atoms with Crippen LogP contribution in [0.2, 0.25) is 5.15 Å². The van der Waals surface area contributed by atoms with Gasteiger partial charge in [-0.25, -0.2) is 13.8 Å². The number of aliphatic hydroxyl groups is 1. The largest absolute Gasteiger partial charge is 0.507 e. The molecule has 0 fully saturated rings. The summed E-state index contributed by atoms with van der Waals surface area (Å²) in [5.41, 5.74) is 1.69. The third kappa shape index (κ3) is 3.25. The second-order valence-corrected chi connectivity index (χ2v) is 6.53. The first-order valence-corrected chi connectivity index (χ1v) is 8.85. The number of nitrogens with zero attached hydrogens (tertiary/aromatic N) is 2. The van der Waals surface area contributed by atoms with Crippen LogP contribution in [0.15, 0.2) is 55.0 Å². The lowest BCUT2D eigenvalue weighted by Gasteiger charge is -2.09. The number of halogens is 3. The Labute approximate surface area is 168 Å². The second-order valence-electron chi connectivity index (χ2n) is 6.17. The van der Waals surface area contributed by atoms with Gasteiger partial charge in [0.2, 0.25) is 0 Å². The first kappa shape index (κ1) is 18.8. The molecule has 0 bridgehead atoms. The zero-order valence-electron chi connectivity index (χ0n) is 14.7. The molecule has 0 saturated heterocycles. The predicted octanol–water partition coefficient (Wildman–Crippen LogP) is 5.63. The third-order valence-electron chi connectivity index (χ3n) is 4.51. The Bertz CT molecular complexity index is 1270. The highest BCUT2D eigenvalue weighted by Gasteiger charge is 2.19. The highest BCUT2D eigenvalue weighted by Crippen LogP contribution is 2.34. The SMILES string of the molecule is N=C/C(=C(\O)c1c[nH]c2nc(Cl)c(-c3ccncc3)cc12)c1cccc(F)c1F. The average Bonchev–Trinajstić information content (AvgIpc) is 3.14. The summed E-state index contributed by atoms with van der Waals surface area (Å²) in [6, 6.07) is 8.83. The lowest BCUT2D eigenvalue weighted by molar-refractivity contribution is 0.503. The van der Waals surface area contributed by atoms with Gasteiger partial charge < -0.3 is 15.5 Å². The number of H-pyrrole nitrogens is 1. The van der Waals surface area contributed by atoms with Crippen LogP contribution in [-0.4, -0.2) is 26.3 Å². The molecule has 0 saturated carbocycles. The number of hydrogen-bond donors (Lipinski definition) is 3. The molecule has 0 aliphatic rings. The van der Waals surface area contributed by atoms with Crippen LogP contribution in [-0.2, 0) is 0 Å². The smallest absolute Gasteiger partial charge is 0.166 e. The molecule has 3 heterocycles. The van der Waals surface area contributed by atoms with Crippen molar-refractivity contribution in [3.05, 3.63) is 82.9 Å². The number of allylic oxidation sites excluding steroid dienone is 1. The van der Waals surface area contributed by atoms with Crippen LogP contribution in [0, 0.1) is 17.0 Å². The highest BCUT2D eigenvalue weighted by molar-refractivity contribution is 6.32. The van der Waals surface area contributed by atoms with Crippen LogP contribution in [0.1, 0.15) is 11.1 Å². The fourth-order valence-electron chi connectivity index (χ4n) is 3.08. The van der Waals surface area contributed by atoms with E-state index in [1.54, 1.807) is 30.6 Å². The normalized spacial score (nSPS) is 12.1. The maximum Gasteiger partial charge on any atom is 0.166 e. The van der Waals surface area contributed by atoms with E-state index in [0.717, 1.165) is 17.8 Å². The number of rotatable bonds is 4. The van der Waals surface area contributed by atoms with Crippen molar-refractivity contribution < 1.29 is 13.9 Å². The minimum atomic E-state index is -1.14. The Hall–Kier alpha value is -3.58. The molecule has 0 radical (unpaired) electrons. The molecule has 0 unspecified atom stereocenters. The number of benzene rings is 1. The molecular weight excluding hydrogens is 398 g/mol. The summed E-state index contributed by atoms with van der Waals surface area (Å²) in [6.45, 7) is 0. The number of hydrogen-bond acceptors (Lipinski definition) is 4. The van der Waals surface area contributed by atoms with Crippen molar-refractivity contribution in [1.29, 1.82) is 5.41 Å². The molecule has 3 aromatic heterocycles. The van der Waals surface area contributed by atoms with Gasteiger partial charge in [-0.1, -0.05) is 23.7 Å². The van der Waals surface area contributed by atoms with Gasteiger partial charge in [-0.05, 0) is 29.8 Å². The molecule has 0 spiro atoms. The monoisotopic (exact) mass is 410 g/mol. The van der Waals surface area contributed by atoms with Crippen molar-refractivity contribution in [2.45, 2.75) is 0 Å². The van der Waals surface area contributed by atoms with E-state index in [-0.39, 0.29) is 27.6 Å². The lowest BCUT2D eigenvalue weighted by atomic mass is 10.00. The van der Waals surface area contributed by atoms with Gasteiger partial charge >= 0.3 is 0 Å². The summed E-state index contributed by atoms with van der Waals surface area (Å²) in [4.78, 5) is 11.2. The molecule has 5 nitrogen and oxygen atoms in total. The van der Waals surface area contributed by atoms with Crippen molar-refractivity contribution in [3.8, 4) is 11.1 Å². The van der Waals surface area contributed by atoms with E-state index in [1.807, 2.05) is 0 Å². The number of aromatic amines is 1. The van der Waals surface area contributed by atoms with Crippen molar-refractivity contribution in [3.63, 3.8) is 0 Å². The lowest BCUT2D eigenvalue weighted by Crippen LogP contribution is -1.98. The minimum Gasteiger partial charge on any atom is -0.507 e. The van der Waals surface area contributed by atoms with Gasteiger partial charge in [0.25, 0.3) is 0 Å². The standard InChI is InChI=1S/C21H13ClF2N4O/c22-20-13(11-4-6-26-7-5-11)8-14-16(10-27-21(14)28-20)19(29)15(9-25)12-2-1-3-17(23)18(12)24/h1-10,25,29H,(H,27,28)/b19-15+,25-9?. The quantitative estimate of drug-likeness (QED) is 0.231. The average molecular weight is 411 g/mol. The van der Waals surface area contributed by atoms with E-state index >= 15 is 0 Å². The molecule has 0 aliphatic heterocycles. The summed E-state index contributed by atoms with van der Waals surface area (Å²) >= 11 is 6.30. The molecule has 4 rings (SSSR count). The van der Waals surface area contributed by atoms with Gasteiger partial charge in [-0.2, -0.15) is 0 Å².